The lowest BCUT2D eigenvalue weighted by atomic mass is 10.2. The molecule has 3 nitrogen and oxygen atoms in total. The van der Waals surface area contributed by atoms with Crippen LogP contribution in [0.1, 0.15) is 23.7 Å². The van der Waals surface area contributed by atoms with Crippen molar-refractivity contribution in [3.8, 4) is 0 Å². The molecule has 0 amide bonds. The molecule has 0 aromatic carbocycles. The van der Waals surface area contributed by atoms with Gasteiger partial charge in [0.2, 0.25) is 0 Å². The van der Waals surface area contributed by atoms with E-state index in [0.29, 0.717) is 11.9 Å². The Balaban J connectivity index is 2.02. The second-order valence-electron chi connectivity index (χ2n) is 4.51. The number of fused-ring (bicyclic) bond motifs is 1. The molecule has 0 fully saturated rings. The molecular formula is C14H14ClN3S. The molecule has 5 heteroatoms. The number of rotatable bonds is 4. The van der Waals surface area contributed by atoms with Gasteiger partial charge in [-0.05, 0) is 30.5 Å². The normalized spacial score (nSPS) is 12.9. The second kappa shape index (κ2) is 5.31. The molecule has 3 aromatic heterocycles. The Morgan fingerprint density at radius 2 is 2.26 bits per heavy atom. The van der Waals surface area contributed by atoms with Gasteiger partial charge in [-0.3, -0.25) is 0 Å². The summed E-state index contributed by atoms with van der Waals surface area (Å²) in [5.74, 6) is 1.30. The van der Waals surface area contributed by atoms with Crippen molar-refractivity contribution in [3.05, 3.63) is 46.5 Å². The lowest BCUT2D eigenvalue weighted by Crippen LogP contribution is -2.11. The lowest BCUT2D eigenvalue weighted by molar-refractivity contribution is 0.544. The quantitative estimate of drug-likeness (QED) is 0.679. The fourth-order valence-corrected chi connectivity index (χ4v) is 3.36. The maximum absolute atomic E-state index is 6.02. The van der Waals surface area contributed by atoms with Gasteiger partial charge >= 0.3 is 0 Å². The summed E-state index contributed by atoms with van der Waals surface area (Å²) >= 11 is 7.80. The molecule has 19 heavy (non-hydrogen) atoms. The van der Waals surface area contributed by atoms with E-state index >= 15 is 0 Å². The Labute approximate surface area is 120 Å². The van der Waals surface area contributed by atoms with E-state index in [1.165, 1.54) is 4.88 Å². The van der Waals surface area contributed by atoms with Crippen LogP contribution >= 0.6 is 22.9 Å². The van der Waals surface area contributed by atoms with Gasteiger partial charge in [0.1, 0.15) is 11.3 Å². The van der Waals surface area contributed by atoms with Crippen LogP contribution in [0.15, 0.2) is 35.8 Å². The maximum Gasteiger partial charge on any atom is 0.160 e. The van der Waals surface area contributed by atoms with Crippen molar-refractivity contribution < 1.29 is 0 Å². The predicted molar refractivity (Wildman–Crippen MR) is 79.8 cm³/mol. The molecule has 0 aliphatic carbocycles. The first-order valence-electron chi connectivity index (χ1n) is 6.19. The van der Waals surface area contributed by atoms with Gasteiger partial charge in [-0.1, -0.05) is 6.07 Å². The van der Waals surface area contributed by atoms with Gasteiger partial charge < -0.3 is 4.57 Å². The van der Waals surface area contributed by atoms with Crippen molar-refractivity contribution in [2.75, 3.05) is 0 Å². The van der Waals surface area contributed by atoms with Gasteiger partial charge in [-0.25, -0.2) is 9.97 Å². The molecule has 0 aliphatic heterocycles. The van der Waals surface area contributed by atoms with E-state index in [9.17, 15) is 0 Å². The first-order chi connectivity index (χ1) is 9.29. The molecule has 0 saturated heterocycles. The van der Waals surface area contributed by atoms with Crippen LogP contribution in [0.4, 0.5) is 0 Å². The Kier molecular flexibility index (Phi) is 3.53. The van der Waals surface area contributed by atoms with Crippen LogP contribution in [-0.4, -0.2) is 14.5 Å². The average Bonchev–Trinajstić information content (AvgIpc) is 3.04. The highest BCUT2D eigenvalue weighted by atomic mass is 35.5. The highest BCUT2D eigenvalue weighted by molar-refractivity contribution is 7.09. The van der Waals surface area contributed by atoms with Crippen molar-refractivity contribution in [3.63, 3.8) is 0 Å². The van der Waals surface area contributed by atoms with Crippen molar-refractivity contribution in [1.29, 1.82) is 0 Å². The van der Waals surface area contributed by atoms with E-state index in [-0.39, 0.29) is 0 Å². The van der Waals surface area contributed by atoms with Crippen LogP contribution in [0.25, 0.3) is 11.2 Å². The zero-order valence-electron chi connectivity index (χ0n) is 10.6. The van der Waals surface area contributed by atoms with Crippen molar-refractivity contribution >= 4 is 34.1 Å². The van der Waals surface area contributed by atoms with Gasteiger partial charge in [0.25, 0.3) is 0 Å². The third kappa shape index (κ3) is 2.38. The zero-order valence-corrected chi connectivity index (χ0v) is 12.2. The largest absolute Gasteiger partial charge is 0.308 e. The summed E-state index contributed by atoms with van der Waals surface area (Å²) in [6.07, 6.45) is 2.78. The molecule has 0 bridgehead atoms. The number of aromatic nitrogens is 3. The first kappa shape index (κ1) is 12.6. The molecule has 0 saturated carbocycles. The van der Waals surface area contributed by atoms with Crippen LogP contribution in [0, 0.1) is 0 Å². The highest BCUT2D eigenvalue weighted by Crippen LogP contribution is 2.24. The number of imidazole rings is 1. The fourth-order valence-electron chi connectivity index (χ4n) is 2.35. The molecule has 0 aliphatic rings. The summed E-state index contributed by atoms with van der Waals surface area (Å²) < 4.78 is 2.15. The van der Waals surface area contributed by atoms with Gasteiger partial charge in [-0.2, -0.15) is 0 Å². The smallest absolute Gasteiger partial charge is 0.160 e. The minimum absolute atomic E-state index is 0.298. The van der Waals surface area contributed by atoms with Crippen LogP contribution in [0.2, 0.25) is 0 Å². The summed E-state index contributed by atoms with van der Waals surface area (Å²) in [5.41, 5.74) is 1.83. The lowest BCUT2D eigenvalue weighted by Gasteiger charge is -2.15. The molecule has 3 heterocycles. The number of nitrogens with zero attached hydrogens (tertiary/aromatic N) is 3. The first-order valence-corrected chi connectivity index (χ1v) is 7.61. The van der Waals surface area contributed by atoms with Gasteiger partial charge in [0.05, 0.1) is 5.88 Å². The Bertz CT molecular complexity index is 675. The number of alkyl halides is 1. The molecule has 3 aromatic rings. The third-order valence-corrected chi connectivity index (χ3v) is 4.30. The molecule has 0 radical (unpaired) electrons. The fraction of sp³-hybridized carbons (Fsp3) is 0.286. The monoisotopic (exact) mass is 291 g/mol. The van der Waals surface area contributed by atoms with E-state index in [2.05, 4.69) is 39.0 Å². The van der Waals surface area contributed by atoms with Gasteiger partial charge in [-0.15, -0.1) is 22.9 Å². The molecule has 0 spiro atoms. The van der Waals surface area contributed by atoms with Gasteiger partial charge in [0, 0.05) is 23.5 Å². The van der Waals surface area contributed by atoms with E-state index < -0.39 is 0 Å². The number of halogens is 1. The standard InChI is InChI=1S/C14H14ClN3S/c1-10(8-11-4-3-7-19-11)18-13(9-15)17-12-5-2-6-16-14(12)18/h2-7,10H,8-9H2,1H3. The summed E-state index contributed by atoms with van der Waals surface area (Å²) in [7, 11) is 0. The van der Waals surface area contributed by atoms with Crippen LogP contribution in [0.5, 0.6) is 0 Å². The highest BCUT2D eigenvalue weighted by Gasteiger charge is 2.16. The molecule has 0 N–H and O–H groups in total. The van der Waals surface area contributed by atoms with Crippen LogP contribution in [-0.2, 0) is 12.3 Å². The Hall–Kier alpha value is -1.39. The molecule has 1 atom stereocenters. The minimum Gasteiger partial charge on any atom is -0.308 e. The van der Waals surface area contributed by atoms with E-state index in [4.69, 9.17) is 11.6 Å². The van der Waals surface area contributed by atoms with Crippen LogP contribution in [0.3, 0.4) is 0 Å². The summed E-state index contributed by atoms with van der Waals surface area (Å²) in [6.45, 7) is 2.19. The minimum atomic E-state index is 0.298. The summed E-state index contributed by atoms with van der Waals surface area (Å²) in [6, 6.07) is 8.43. The van der Waals surface area contributed by atoms with Crippen molar-refractivity contribution in [2.45, 2.75) is 25.3 Å². The summed E-state index contributed by atoms with van der Waals surface area (Å²) in [5, 5.41) is 2.11. The average molecular weight is 292 g/mol. The number of hydrogen-bond acceptors (Lipinski definition) is 3. The Morgan fingerprint density at radius 1 is 1.37 bits per heavy atom. The predicted octanol–water partition coefficient (Wildman–Crippen LogP) is 4.04. The Morgan fingerprint density at radius 3 is 3.00 bits per heavy atom. The van der Waals surface area contributed by atoms with Crippen molar-refractivity contribution in [2.24, 2.45) is 0 Å². The van der Waals surface area contributed by atoms with E-state index in [1.807, 2.05) is 12.1 Å². The maximum atomic E-state index is 6.02. The van der Waals surface area contributed by atoms with Crippen LogP contribution < -0.4 is 0 Å². The molecule has 98 valence electrons. The number of thiophene rings is 1. The topological polar surface area (TPSA) is 30.7 Å². The SMILES string of the molecule is CC(Cc1cccs1)n1c(CCl)nc2cccnc21. The zero-order chi connectivity index (χ0) is 13.2. The molecular weight excluding hydrogens is 278 g/mol. The van der Waals surface area contributed by atoms with E-state index in [1.54, 1.807) is 17.5 Å². The molecule has 1 unspecified atom stereocenters. The number of pyridine rings is 1. The third-order valence-electron chi connectivity index (χ3n) is 3.16. The van der Waals surface area contributed by atoms with Gasteiger partial charge in [0.15, 0.2) is 5.65 Å². The summed E-state index contributed by atoms with van der Waals surface area (Å²) in [4.78, 5) is 10.4. The van der Waals surface area contributed by atoms with E-state index in [0.717, 1.165) is 23.4 Å². The molecule has 3 rings (SSSR count). The van der Waals surface area contributed by atoms with Crippen molar-refractivity contribution in [1.82, 2.24) is 14.5 Å². The second-order valence-corrected chi connectivity index (χ2v) is 5.81. The number of hydrogen-bond donors (Lipinski definition) is 0.